The molecule has 226 valence electrons. The van der Waals surface area contributed by atoms with E-state index in [2.05, 4.69) is 26.0 Å². The Morgan fingerprint density at radius 3 is 2.39 bits per heavy atom. The number of thiophene rings is 1. The molecule has 4 N–H and O–H groups in total. The number of hydrogen-bond acceptors (Lipinski definition) is 7. The SMILES string of the molecule is CC(C)COC(=O)n1nc(NC(=O)c2ccccc2NC(=O)c2cc[nH]c2)c2cc(C(=O)NC(C)(C)c3ccccc3)sc21. The zero-order chi connectivity index (χ0) is 31.4. The number of para-hydroxylation sites is 1. The first-order chi connectivity index (χ1) is 21.0. The summed E-state index contributed by atoms with van der Waals surface area (Å²) in [5, 5.41) is 13.3. The fraction of sp³-hybridized carbons (Fsp3) is 0.219. The fourth-order valence-corrected chi connectivity index (χ4v) is 5.43. The van der Waals surface area contributed by atoms with Crippen LogP contribution >= 0.6 is 11.3 Å². The van der Waals surface area contributed by atoms with Gasteiger partial charge in [0.05, 0.1) is 39.2 Å². The number of anilines is 2. The maximum atomic E-state index is 13.5. The van der Waals surface area contributed by atoms with Gasteiger partial charge in [0.25, 0.3) is 17.7 Å². The number of ether oxygens (including phenoxy) is 1. The van der Waals surface area contributed by atoms with Crippen LogP contribution in [0.5, 0.6) is 0 Å². The van der Waals surface area contributed by atoms with Crippen LogP contribution in [0.1, 0.15) is 63.6 Å². The summed E-state index contributed by atoms with van der Waals surface area (Å²) in [5.41, 5.74) is 1.12. The van der Waals surface area contributed by atoms with Crippen LogP contribution in [0.3, 0.4) is 0 Å². The van der Waals surface area contributed by atoms with E-state index in [1.165, 1.54) is 0 Å². The highest BCUT2D eigenvalue weighted by molar-refractivity contribution is 7.20. The first-order valence-corrected chi connectivity index (χ1v) is 14.8. The molecule has 2 aromatic carbocycles. The highest BCUT2D eigenvalue weighted by Gasteiger charge is 2.28. The molecule has 0 fully saturated rings. The summed E-state index contributed by atoms with van der Waals surface area (Å²) in [5.74, 6) is -1.15. The van der Waals surface area contributed by atoms with E-state index in [4.69, 9.17) is 4.74 Å². The van der Waals surface area contributed by atoms with Crippen molar-refractivity contribution in [3.63, 3.8) is 0 Å². The number of nitrogens with zero attached hydrogens (tertiary/aromatic N) is 2. The molecule has 11 nitrogen and oxygen atoms in total. The molecule has 3 heterocycles. The van der Waals surface area contributed by atoms with E-state index in [0.717, 1.165) is 21.6 Å². The number of aromatic amines is 1. The fourth-order valence-electron chi connectivity index (χ4n) is 4.43. The molecule has 0 saturated heterocycles. The molecule has 44 heavy (non-hydrogen) atoms. The van der Waals surface area contributed by atoms with Crippen molar-refractivity contribution in [1.82, 2.24) is 20.1 Å². The van der Waals surface area contributed by atoms with Gasteiger partial charge in [-0.1, -0.05) is 56.3 Å². The second-order valence-corrected chi connectivity index (χ2v) is 12.1. The number of amides is 3. The van der Waals surface area contributed by atoms with E-state index in [1.807, 2.05) is 58.0 Å². The van der Waals surface area contributed by atoms with Gasteiger partial charge in [-0.3, -0.25) is 14.4 Å². The van der Waals surface area contributed by atoms with Crippen molar-refractivity contribution in [2.75, 3.05) is 17.2 Å². The number of carbonyl (C=O) groups excluding carboxylic acids is 4. The van der Waals surface area contributed by atoms with E-state index in [-0.39, 0.29) is 35.5 Å². The largest absolute Gasteiger partial charge is 0.448 e. The van der Waals surface area contributed by atoms with E-state index < -0.39 is 23.4 Å². The van der Waals surface area contributed by atoms with Crippen LogP contribution in [0.2, 0.25) is 0 Å². The summed E-state index contributed by atoms with van der Waals surface area (Å²) in [6, 6.07) is 19.3. The summed E-state index contributed by atoms with van der Waals surface area (Å²) in [6.07, 6.45) is 2.44. The van der Waals surface area contributed by atoms with Crippen molar-refractivity contribution in [2.24, 2.45) is 5.92 Å². The van der Waals surface area contributed by atoms with Gasteiger partial charge >= 0.3 is 6.09 Å². The Kier molecular flexibility index (Phi) is 8.63. The molecule has 0 aliphatic carbocycles. The maximum absolute atomic E-state index is 13.5. The lowest BCUT2D eigenvalue weighted by atomic mass is 9.94. The van der Waals surface area contributed by atoms with E-state index >= 15 is 0 Å². The second-order valence-electron chi connectivity index (χ2n) is 11.1. The highest BCUT2D eigenvalue weighted by Crippen LogP contribution is 2.33. The molecule has 0 radical (unpaired) electrons. The molecule has 3 aromatic heterocycles. The predicted octanol–water partition coefficient (Wildman–Crippen LogP) is 6.24. The highest BCUT2D eigenvalue weighted by atomic mass is 32.1. The number of fused-ring (bicyclic) bond motifs is 1. The Labute approximate surface area is 257 Å². The standard InChI is InChI=1S/C32H32N6O5S/c1-19(2)18-43-31(42)38-30-23(16-25(44-30)29(41)36-32(3,4)21-10-6-5-7-11-21)26(37-38)35-28(40)22-12-8-9-13-24(22)34-27(39)20-14-15-33-17-20/h5-17,19,33H,18H2,1-4H3,(H,34,39)(H,36,41)(H,35,37,40). The lowest BCUT2D eigenvalue weighted by Crippen LogP contribution is -2.40. The summed E-state index contributed by atoms with van der Waals surface area (Å²) < 4.78 is 6.46. The minimum absolute atomic E-state index is 0.0656. The van der Waals surface area contributed by atoms with Gasteiger partial charge in [0.15, 0.2) is 5.82 Å². The zero-order valence-corrected chi connectivity index (χ0v) is 25.5. The molecule has 12 heteroatoms. The molecule has 0 unspecified atom stereocenters. The van der Waals surface area contributed by atoms with Crippen molar-refractivity contribution >= 4 is 56.9 Å². The summed E-state index contributed by atoms with van der Waals surface area (Å²) >= 11 is 1.06. The lowest BCUT2D eigenvalue weighted by Gasteiger charge is -2.26. The van der Waals surface area contributed by atoms with Crippen LogP contribution in [0, 0.1) is 5.92 Å². The van der Waals surface area contributed by atoms with Gasteiger partial charge in [0.1, 0.15) is 4.83 Å². The molecular weight excluding hydrogens is 580 g/mol. The molecule has 0 saturated carbocycles. The van der Waals surface area contributed by atoms with Gasteiger partial charge in [-0.15, -0.1) is 16.4 Å². The Morgan fingerprint density at radius 2 is 1.68 bits per heavy atom. The molecule has 0 atom stereocenters. The third-order valence-corrected chi connectivity index (χ3v) is 7.84. The average Bonchev–Trinajstić information content (AvgIpc) is 3.75. The van der Waals surface area contributed by atoms with Crippen molar-refractivity contribution in [2.45, 2.75) is 33.2 Å². The number of rotatable bonds is 9. The Hall–Kier alpha value is -5.23. The monoisotopic (exact) mass is 612 g/mol. The van der Waals surface area contributed by atoms with Crippen LogP contribution in [0.4, 0.5) is 16.3 Å². The van der Waals surface area contributed by atoms with Gasteiger partial charge in [-0.2, -0.15) is 4.68 Å². The van der Waals surface area contributed by atoms with Crippen LogP contribution in [0.15, 0.2) is 79.1 Å². The number of nitrogens with one attached hydrogen (secondary N) is 4. The molecule has 0 spiro atoms. The third-order valence-electron chi connectivity index (χ3n) is 6.73. The number of benzene rings is 2. The lowest BCUT2D eigenvalue weighted by molar-refractivity contribution is 0.0915. The quantitative estimate of drug-likeness (QED) is 0.155. The van der Waals surface area contributed by atoms with Gasteiger partial charge in [0, 0.05) is 12.4 Å². The number of hydrogen-bond donors (Lipinski definition) is 4. The van der Waals surface area contributed by atoms with E-state index in [9.17, 15) is 19.2 Å². The van der Waals surface area contributed by atoms with Gasteiger partial charge in [0.2, 0.25) is 0 Å². The predicted molar refractivity (Wildman–Crippen MR) is 169 cm³/mol. The van der Waals surface area contributed by atoms with Gasteiger partial charge in [-0.05, 0) is 49.6 Å². The molecular formula is C32H32N6O5S. The average molecular weight is 613 g/mol. The molecule has 5 aromatic rings. The second kappa shape index (κ2) is 12.6. The van der Waals surface area contributed by atoms with Gasteiger partial charge < -0.3 is 25.7 Å². The number of aromatic nitrogens is 3. The van der Waals surface area contributed by atoms with Crippen LogP contribution in [-0.2, 0) is 10.3 Å². The van der Waals surface area contributed by atoms with Crippen molar-refractivity contribution < 1.29 is 23.9 Å². The van der Waals surface area contributed by atoms with Crippen LogP contribution in [-0.4, -0.2) is 45.2 Å². The first kappa shape index (κ1) is 30.2. The normalized spacial score (nSPS) is 11.4. The summed E-state index contributed by atoms with van der Waals surface area (Å²) in [6.45, 7) is 7.78. The zero-order valence-electron chi connectivity index (χ0n) is 24.6. The topological polar surface area (TPSA) is 147 Å². The van der Waals surface area contributed by atoms with Crippen molar-refractivity contribution in [1.29, 1.82) is 0 Å². The van der Waals surface area contributed by atoms with Crippen molar-refractivity contribution in [3.05, 3.63) is 101 Å². The van der Waals surface area contributed by atoms with E-state index in [0.29, 0.717) is 20.7 Å². The van der Waals surface area contributed by atoms with Gasteiger partial charge in [-0.25, -0.2) is 4.79 Å². The summed E-state index contributed by atoms with van der Waals surface area (Å²) in [7, 11) is 0. The maximum Gasteiger partial charge on any atom is 0.436 e. The van der Waals surface area contributed by atoms with Crippen LogP contribution < -0.4 is 16.0 Å². The van der Waals surface area contributed by atoms with E-state index in [1.54, 1.807) is 48.8 Å². The number of carbonyl (C=O) groups is 4. The Balaban J connectivity index is 1.45. The van der Waals surface area contributed by atoms with Crippen LogP contribution in [0.25, 0.3) is 10.2 Å². The van der Waals surface area contributed by atoms with Crippen molar-refractivity contribution in [3.8, 4) is 0 Å². The minimum Gasteiger partial charge on any atom is -0.448 e. The molecule has 0 bridgehead atoms. The molecule has 5 rings (SSSR count). The Bertz CT molecular complexity index is 1820. The molecule has 0 aliphatic heterocycles. The third kappa shape index (κ3) is 6.55. The first-order valence-electron chi connectivity index (χ1n) is 14.0. The molecule has 0 aliphatic rings. The summed E-state index contributed by atoms with van der Waals surface area (Å²) in [4.78, 5) is 56.1. The number of H-pyrrole nitrogens is 1. The smallest absolute Gasteiger partial charge is 0.436 e. The Morgan fingerprint density at radius 1 is 0.955 bits per heavy atom. The minimum atomic E-state index is -0.734. The molecule has 3 amide bonds.